The second-order valence-corrected chi connectivity index (χ2v) is 7.80. The number of ether oxygens (including phenoxy) is 1. The lowest BCUT2D eigenvalue weighted by molar-refractivity contribution is -0.117. The molecule has 0 spiro atoms. The number of aromatic nitrogens is 5. The molecule has 0 saturated carbocycles. The topological polar surface area (TPSA) is 102 Å². The number of hydrogen-bond acceptors (Lipinski definition) is 7. The zero-order valence-corrected chi connectivity index (χ0v) is 18.3. The first kappa shape index (κ1) is 20.7. The molecule has 4 heterocycles. The predicted molar refractivity (Wildman–Crippen MR) is 119 cm³/mol. The zero-order valence-electron chi connectivity index (χ0n) is 18.3. The molecule has 2 N–H and O–H groups in total. The molecule has 1 amide bonds. The van der Waals surface area contributed by atoms with Crippen LogP contribution in [0.3, 0.4) is 0 Å². The van der Waals surface area contributed by atoms with E-state index in [4.69, 9.17) is 9.72 Å². The fourth-order valence-electron chi connectivity index (χ4n) is 3.94. The Bertz CT molecular complexity index is 1120. The van der Waals surface area contributed by atoms with Crippen molar-refractivity contribution < 1.29 is 9.53 Å². The number of fused-ring (bicyclic) bond motifs is 1. The van der Waals surface area contributed by atoms with Gasteiger partial charge in [-0.1, -0.05) is 20.4 Å². The number of nitrogens with one attached hydrogen (secondary N) is 2. The summed E-state index contributed by atoms with van der Waals surface area (Å²) in [6, 6.07) is 0.0336. The van der Waals surface area contributed by atoms with Crippen molar-refractivity contribution in [1.29, 1.82) is 0 Å². The summed E-state index contributed by atoms with van der Waals surface area (Å²) in [5.74, 6) is 2.04. The lowest BCUT2D eigenvalue weighted by Gasteiger charge is -2.19. The summed E-state index contributed by atoms with van der Waals surface area (Å²) in [7, 11) is 3.42. The van der Waals surface area contributed by atoms with E-state index in [0.717, 1.165) is 30.1 Å². The van der Waals surface area contributed by atoms with Crippen LogP contribution in [0.5, 0.6) is 5.88 Å². The van der Waals surface area contributed by atoms with E-state index in [2.05, 4.69) is 50.4 Å². The van der Waals surface area contributed by atoms with Crippen molar-refractivity contribution in [1.82, 2.24) is 29.5 Å². The first-order valence-corrected chi connectivity index (χ1v) is 10.3. The van der Waals surface area contributed by atoms with Crippen LogP contribution in [0, 0.1) is 5.92 Å². The highest BCUT2D eigenvalue weighted by atomic mass is 16.5. The molecule has 1 aliphatic heterocycles. The number of anilines is 3. The molecule has 3 aromatic rings. The minimum absolute atomic E-state index is 0.0336. The van der Waals surface area contributed by atoms with E-state index in [9.17, 15) is 4.79 Å². The number of imidazole rings is 1. The third-order valence-electron chi connectivity index (χ3n) is 5.61. The predicted octanol–water partition coefficient (Wildman–Crippen LogP) is 1.90. The molecule has 2 atom stereocenters. The summed E-state index contributed by atoms with van der Waals surface area (Å²) in [5.41, 5.74) is 2.53. The van der Waals surface area contributed by atoms with Crippen molar-refractivity contribution in [2.24, 2.45) is 13.0 Å². The van der Waals surface area contributed by atoms with Gasteiger partial charge in [0.25, 0.3) is 5.88 Å². The van der Waals surface area contributed by atoms with E-state index >= 15 is 0 Å². The highest BCUT2D eigenvalue weighted by Gasteiger charge is 2.32. The van der Waals surface area contributed by atoms with Crippen molar-refractivity contribution in [2.45, 2.75) is 26.3 Å². The van der Waals surface area contributed by atoms with E-state index in [1.165, 1.54) is 6.08 Å². The van der Waals surface area contributed by atoms with Crippen molar-refractivity contribution in [3.05, 3.63) is 36.9 Å². The van der Waals surface area contributed by atoms with Crippen molar-refractivity contribution in [3.63, 3.8) is 0 Å². The van der Waals surface area contributed by atoms with Crippen LogP contribution in [0.25, 0.3) is 5.65 Å². The van der Waals surface area contributed by atoms with E-state index in [1.807, 2.05) is 25.6 Å². The average Bonchev–Trinajstić information content (AvgIpc) is 3.44. The van der Waals surface area contributed by atoms with Gasteiger partial charge in [-0.3, -0.25) is 13.9 Å². The third kappa shape index (κ3) is 3.92. The van der Waals surface area contributed by atoms with Gasteiger partial charge in [0, 0.05) is 32.0 Å². The standard InChI is InChI=1S/C21H28N8O2/c1-6-14-8-22-20-19(24-16-10-27(4)26-21(16)31-5)25-17(12-29(14)20)28-9-13(3)15(11-28)23-18(30)7-2/h7-8,10,12-13,15H,2,6,9,11H2,1,3-5H3,(H,23,30)(H,24,25). The first-order chi connectivity index (χ1) is 14.9. The first-order valence-electron chi connectivity index (χ1n) is 10.3. The molecule has 1 aliphatic rings. The highest BCUT2D eigenvalue weighted by Crippen LogP contribution is 2.30. The largest absolute Gasteiger partial charge is 0.478 e. The molecular weight excluding hydrogens is 396 g/mol. The van der Waals surface area contributed by atoms with Crippen LogP contribution in [-0.4, -0.2) is 56.3 Å². The maximum atomic E-state index is 11.8. The van der Waals surface area contributed by atoms with Gasteiger partial charge in [0.1, 0.15) is 11.5 Å². The average molecular weight is 425 g/mol. The van der Waals surface area contributed by atoms with Gasteiger partial charge in [-0.25, -0.2) is 9.97 Å². The lowest BCUT2D eigenvalue weighted by Crippen LogP contribution is -2.39. The molecule has 0 aromatic carbocycles. The summed E-state index contributed by atoms with van der Waals surface area (Å²) in [6.45, 7) is 9.22. The van der Waals surface area contributed by atoms with Crippen LogP contribution in [0.4, 0.5) is 17.3 Å². The summed E-state index contributed by atoms with van der Waals surface area (Å²) in [6.07, 6.45) is 7.87. The quantitative estimate of drug-likeness (QED) is 0.559. The SMILES string of the molecule is C=CC(=O)NC1CN(c2cn3c(CC)cnc3c(Nc3cn(C)nc3OC)n2)CC1C. The normalized spacial score (nSPS) is 18.4. The van der Waals surface area contributed by atoms with Crippen molar-refractivity contribution in [3.8, 4) is 5.88 Å². The number of carbonyl (C=O) groups excluding carboxylic acids is 1. The maximum absolute atomic E-state index is 11.8. The van der Waals surface area contributed by atoms with Crippen LogP contribution in [0.2, 0.25) is 0 Å². The number of nitrogens with zero attached hydrogens (tertiary/aromatic N) is 6. The molecule has 31 heavy (non-hydrogen) atoms. The van der Waals surface area contributed by atoms with Crippen LogP contribution in [-0.2, 0) is 18.3 Å². The van der Waals surface area contributed by atoms with E-state index in [0.29, 0.717) is 23.9 Å². The number of hydrogen-bond donors (Lipinski definition) is 2. The Hall–Kier alpha value is -3.56. The summed E-state index contributed by atoms with van der Waals surface area (Å²) >= 11 is 0. The van der Waals surface area contributed by atoms with Crippen LogP contribution in [0.15, 0.2) is 31.2 Å². The summed E-state index contributed by atoms with van der Waals surface area (Å²) in [5, 5.41) is 10.7. The van der Waals surface area contributed by atoms with Gasteiger partial charge < -0.3 is 20.3 Å². The molecule has 164 valence electrons. The molecular formula is C21H28N8O2. The Balaban J connectivity index is 1.71. The van der Waals surface area contributed by atoms with Gasteiger partial charge in [-0.2, -0.15) is 0 Å². The Kier molecular flexibility index (Phi) is 5.53. The van der Waals surface area contributed by atoms with Gasteiger partial charge in [0.2, 0.25) is 5.91 Å². The van der Waals surface area contributed by atoms with E-state index < -0.39 is 0 Å². The lowest BCUT2D eigenvalue weighted by atomic mass is 10.1. The smallest absolute Gasteiger partial charge is 0.256 e. The molecule has 1 saturated heterocycles. The minimum Gasteiger partial charge on any atom is -0.478 e. The molecule has 3 aromatic heterocycles. The molecule has 2 unspecified atom stereocenters. The number of rotatable bonds is 7. The van der Waals surface area contributed by atoms with Crippen LogP contribution >= 0.6 is 0 Å². The highest BCUT2D eigenvalue weighted by molar-refractivity contribution is 5.87. The molecule has 0 radical (unpaired) electrons. The number of amides is 1. The fourth-order valence-corrected chi connectivity index (χ4v) is 3.94. The monoisotopic (exact) mass is 424 g/mol. The summed E-state index contributed by atoms with van der Waals surface area (Å²) in [4.78, 5) is 23.4. The molecule has 1 fully saturated rings. The third-order valence-corrected chi connectivity index (χ3v) is 5.61. The van der Waals surface area contributed by atoms with E-state index in [1.54, 1.807) is 11.8 Å². The van der Waals surface area contributed by atoms with Crippen molar-refractivity contribution in [2.75, 3.05) is 30.4 Å². The second-order valence-electron chi connectivity index (χ2n) is 7.80. The minimum atomic E-state index is -0.156. The Morgan fingerprint density at radius 3 is 2.90 bits per heavy atom. The molecule has 0 bridgehead atoms. The van der Waals surface area contributed by atoms with Gasteiger partial charge >= 0.3 is 0 Å². The number of aryl methyl sites for hydroxylation is 2. The second kappa shape index (κ2) is 8.29. The zero-order chi connectivity index (χ0) is 22.1. The van der Waals surface area contributed by atoms with Crippen LogP contribution in [0.1, 0.15) is 19.5 Å². The molecule has 4 rings (SSSR count). The van der Waals surface area contributed by atoms with Gasteiger partial charge in [0.15, 0.2) is 11.5 Å². The Morgan fingerprint density at radius 2 is 2.19 bits per heavy atom. The molecule has 10 heteroatoms. The maximum Gasteiger partial charge on any atom is 0.256 e. The number of methoxy groups -OCH3 is 1. The molecule has 10 nitrogen and oxygen atoms in total. The Morgan fingerprint density at radius 1 is 1.39 bits per heavy atom. The van der Waals surface area contributed by atoms with Gasteiger partial charge in [0.05, 0.1) is 25.5 Å². The van der Waals surface area contributed by atoms with Crippen LogP contribution < -0.4 is 20.3 Å². The fraction of sp³-hybridized carbons (Fsp3) is 0.429. The molecule has 0 aliphatic carbocycles. The summed E-state index contributed by atoms with van der Waals surface area (Å²) < 4.78 is 9.12. The number of carbonyl (C=O) groups is 1. The van der Waals surface area contributed by atoms with E-state index in [-0.39, 0.29) is 17.9 Å². The Labute approximate surface area is 180 Å². The van der Waals surface area contributed by atoms with Crippen molar-refractivity contribution >= 4 is 28.9 Å². The van der Waals surface area contributed by atoms with Gasteiger partial charge in [-0.15, -0.1) is 5.10 Å². The van der Waals surface area contributed by atoms with Gasteiger partial charge in [-0.05, 0) is 18.4 Å².